The first-order valence-corrected chi connectivity index (χ1v) is 8.20. The first kappa shape index (κ1) is 14.8. The SMILES string of the molecule is CC(C)c1ccc(-c2ccc(C(C)C)c3ccccc23)cc1. The van der Waals surface area contributed by atoms with Crippen molar-refractivity contribution >= 4 is 10.8 Å². The predicted octanol–water partition coefficient (Wildman–Crippen LogP) is 6.75. The minimum atomic E-state index is 0.544. The van der Waals surface area contributed by atoms with Crippen molar-refractivity contribution in [2.75, 3.05) is 0 Å². The molecule has 3 aromatic rings. The van der Waals surface area contributed by atoms with Crippen molar-refractivity contribution in [2.45, 2.75) is 39.5 Å². The summed E-state index contributed by atoms with van der Waals surface area (Å²) < 4.78 is 0. The van der Waals surface area contributed by atoms with Crippen LogP contribution in [0.3, 0.4) is 0 Å². The maximum Gasteiger partial charge on any atom is -0.0103 e. The molecule has 22 heavy (non-hydrogen) atoms. The Morgan fingerprint density at radius 3 is 1.82 bits per heavy atom. The Hall–Kier alpha value is -2.08. The molecule has 0 radical (unpaired) electrons. The van der Waals surface area contributed by atoms with Crippen LogP contribution in [0.5, 0.6) is 0 Å². The highest BCUT2D eigenvalue weighted by Crippen LogP contribution is 2.34. The summed E-state index contributed by atoms with van der Waals surface area (Å²) in [6.07, 6.45) is 0. The molecule has 0 fully saturated rings. The van der Waals surface area contributed by atoms with Crippen LogP contribution in [-0.2, 0) is 0 Å². The summed E-state index contributed by atoms with van der Waals surface area (Å²) in [6, 6.07) is 22.4. The second-order valence-electron chi connectivity index (χ2n) is 6.68. The normalized spacial score (nSPS) is 11.5. The smallest absolute Gasteiger partial charge is 0.0103 e. The predicted molar refractivity (Wildman–Crippen MR) is 97.6 cm³/mol. The largest absolute Gasteiger partial charge is 0.0616 e. The zero-order valence-electron chi connectivity index (χ0n) is 13.9. The van der Waals surface area contributed by atoms with Crippen molar-refractivity contribution in [3.63, 3.8) is 0 Å². The van der Waals surface area contributed by atoms with Crippen LogP contribution in [-0.4, -0.2) is 0 Å². The molecule has 3 rings (SSSR count). The lowest BCUT2D eigenvalue weighted by atomic mass is 9.90. The van der Waals surface area contributed by atoms with Gasteiger partial charge in [0.25, 0.3) is 0 Å². The molecule has 0 N–H and O–H groups in total. The number of hydrogen-bond donors (Lipinski definition) is 0. The fraction of sp³-hybridized carbons (Fsp3) is 0.273. The van der Waals surface area contributed by atoms with Crippen LogP contribution in [0.2, 0.25) is 0 Å². The van der Waals surface area contributed by atoms with Crippen molar-refractivity contribution in [1.29, 1.82) is 0 Å². The molecule has 0 aliphatic heterocycles. The maximum atomic E-state index is 2.29. The lowest BCUT2D eigenvalue weighted by Gasteiger charge is -2.14. The molecule has 0 aromatic heterocycles. The summed E-state index contributed by atoms with van der Waals surface area (Å²) in [5, 5.41) is 2.73. The molecule has 0 heterocycles. The molecule has 0 saturated heterocycles. The fourth-order valence-corrected chi connectivity index (χ4v) is 3.13. The van der Waals surface area contributed by atoms with Crippen molar-refractivity contribution in [2.24, 2.45) is 0 Å². The van der Waals surface area contributed by atoms with Crippen molar-refractivity contribution in [3.8, 4) is 11.1 Å². The van der Waals surface area contributed by atoms with E-state index < -0.39 is 0 Å². The van der Waals surface area contributed by atoms with Gasteiger partial charge in [0.15, 0.2) is 0 Å². The Morgan fingerprint density at radius 2 is 1.23 bits per heavy atom. The second-order valence-corrected chi connectivity index (χ2v) is 6.68. The van der Waals surface area contributed by atoms with E-state index in [0.29, 0.717) is 11.8 Å². The van der Waals surface area contributed by atoms with E-state index in [1.807, 2.05) is 0 Å². The molecule has 0 nitrogen and oxygen atoms in total. The summed E-state index contributed by atoms with van der Waals surface area (Å²) in [7, 11) is 0. The van der Waals surface area contributed by atoms with Gasteiger partial charge in [0.1, 0.15) is 0 Å². The van der Waals surface area contributed by atoms with Crippen LogP contribution < -0.4 is 0 Å². The molecule has 0 spiro atoms. The third-order valence-electron chi connectivity index (χ3n) is 4.47. The van der Waals surface area contributed by atoms with E-state index in [4.69, 9.17) is 0 Å². The summed E-state index contributed by atoms with van der Waals surface area (Å²) in [4.78, 5) is 0. The highest BCUT2D eigenvalue weighted by atomic mass is 14.1. The lowest BCUT2D eigenvalue weighted by Crippen LogP contribution is -1.92. The second kappa shape index (κ2) is 5.96. The first-order valence-electron chi connectivity index (χ1n) is 8.20. The molecule has 0 unspecified atom stereocenters. The van der Waals surface area contributed by atoms with Gasteiger partial charge in [-0.1, -0.05) is 88.4 Å². The van der Waals surface area contributed by atoms with Gasteiger partial charge < -0.3 is 0 Å². The highest BCUT2D eigenvalue weighted by molar-refractivity contribution is 5.98. The van der Waals surface area contributed by atoms with Crippen LogP contribution in [0.1, 0.15) is 50.7 Å². The molecule has 112 valence electrons. The van der Waals surface area contributed by atoms with Gasteiger partial charge in [-0.2, -0.15) is 0 Å². The van der Waals surface area contributed by atoms with E-state index in [1.165, 1.54) is 33.0 Å². The standard InChI is InChI=1S/C22H24/c1-15(2)17-9-11-18(12-10-17)20-14-13-19(16(3)4)21-7-5-6-8-22(20)21/h5-16H,1-4H3. The van der Waals surface area contributed by atoms with Gasteiger partial charge in [0.2, 0.25) is 0 Å². The maximum absolute atomic E-state index is 2.29. The number of hydrogen-bond acceptors (Lipinski definition) is 0. The van der Waals surface area contributed by atoms with Gasteiger partial charge in [-0.05, 0) is 44.9 Å². The topological polar surface area (TPSA) is 0 Å². The summed E-state index contributed by atoms with van der Waals surface area (Å²) in [5.41, 5.74) is 5.45. The Balaban J connectivity index is 2.17. The summed E-state index contributed by atoms with van der Waals surface area (Å²) in [6.45, 7) is 9.00. The van der Waals surface area contributed by atoms with Crippen LogP contribution in [0.4, 0.5) is 0 Å². The minimum absolute atomic E-state index is 0.544. The van der Waals surface area contributed by atoms with Crippen molar-refractivity contribution in [1.82, 2.24) is 0 Å². The molecule has 0 bridgehead atoms. The van der Waals surface area contributed by atoms with E-state index in [9.17, 15) is 0 Å². The van der Waals surface area contributed by atoms with Crippen molar-refractivity contribution < 1.29 is 0 Å². The molecule has 0 aliphatic rings. The van der Waals surface area contributed by atoms with Gasteiger partial charge in [-0.25, -0.2) is 0 Å². The number of rotatable bonds is 3. The van der Waals surface area contributed by atoms with Gasteiger partial charge >= 0.3 is 0 Å². The Bertz CT molecular complexity index is 777. The quantitative estimate of drug-likeness (QED) is 0.500. The zero-order valence-corrected chi connectivity index (χ0v) is 13.9. The molecule has 0 atom stereocenters. The third-order valence-corrected chi connectivity index (χ3v) is 4.47. The molecule has 0 heteroatoms. The molecular weight excluding hydrogens is 264 g/mol. The number of fused-ring (bicyclic) bond motifs is 1. The average Bonchev–Trinajstić information content (AvgIpc) is 2.53. The minimum Gasteiger partial charge on any atom is -0.0616 e. The Kier molecular flexibility index (Phi) is 4.02. The van der Waals surface area contributed by atoms with E-state index >= 15 is 0 Å². The summed E-state index contributed by atoms with van der Waals surface area (Å²) in [5.74, 6) is 1.12. The number of benzene rings is 3. The zero-order chi connectivity index (χ0) is 15.7. The van der Waals surface area contributed by atoms with Crippen LogP contribution in [0.25, 0.3) is 21.9 Å². The Labute approximate surface area is 133 Å². The van der Waals surface area contributed by atoms with Crippen LogP contribution in [0, 0.1) is 0 Å². The molecule has 0 amide bonds. The molecular formula is C22H24. The summed E-state index contributed by atoms with van der Waals surface area (Å²) >= 11 is 0. The van der Waals surface area contributed by atoms with Gasteiger partial charge in [-0.3, -0.25) is 0 Å². The monoisotopic (exact) mass is 288 g/mol. The Morgan fingerprint density at radius 1 is 0.591 bits per heavy atom. The van der Waals surface area contributed by atoms with Crippen LogP contribution in [0.15, 0.2) is 60.7 Å². The third kappa shape index (κ3) is 2.66. The van der Waals surface area contributed by atoms with E-state index in [2.05, 4.69) is 88.4 Å². The van der Waals surface area contributed by atoms with Gasteiger partial charge in [-0.15, -0.1) is 0 Å². The van der Waals surface area contributed by atoms with E-state index in [0.717, 1.165) is 0 Å². The fourth-order valence-electron chi connectivity index (χ4n) is 3.13. The van der Waals surface area contributed by atoms with E-state index in [-0.39, 0.29) is 0 Å². The van der Waals surface area contributed by atoms with Crippen LogP contribution >= 0.6 is 0 Å². The van der Waals surface area contributed by atoms with Gasteiger partial charge in [0.05, 0.1) is 0 Å². The van der Waals surface area contributed by atoms with E-state index in [1.54, 1.807) is 0 Å². The molecule has 3 aromatic carbocycles. The molecule has 0 saturated carbocycles. The van der Waals surface area contributed by atoms with Gasteiger partial charge in [0, 0.05) is 0 Å². The average molecular weight is 288 g/mol. The highest BCUT2D eigenvalue weighted by Gasteiger charge is 2.10. The molecule has 0 aliphatic carbocycles. The van der Waals surface area contributed by atoms with Crippen molar-refractivity contribution in [3.05, 3.63) is 71.8 Å². The lowest BCUT2D eigenvalue weighted by molar-refractivity contribution is 0.867. The first-order chi connectivity index (χ1) is 10.6.